The van der Waals surface area contributed by atoms with Gasteiger partial charge in [0.2, 0.25) is 5.13 Å². The first-order valence-electron chi connectivity index (χ1n) is 10.7. The SMILES string of the molecule is CCCNN(CC)c1ccc(N=Nc2nc3sc(N=Nc4ccc(C(=O)O)cc4)cc3s2)cc1. The van der Waals surface area contributed by atoms with Crippen molar-refractivity contribution in [3.8, 4) is 0 Å². The second kappa shape index (κ2) is 11.1. The molecule has 0 amide bonds. The highest BCUT2D eigenvalue weighted by molar-refractivity contribution is 7.30. The van der Waals surface area contributed by atoms with Gasteiger partial charge in [-0.25, -0.2) is 15.2 Å². The lowest BCUT2D eigenvalue weighted by Gasteiger charge is -2.23. The van der Waals surface area contributed by atoms with Gasteiger partial charge in [0.05, 0.1) is 27.3 Å². The monoisotopic (exact) mass is 493 g/mol. The number of anilines is 1. The predicted molar refractivity (Wildman–Crippen MR) is 137 cm³/mol. The van der Waals surface area contributed by atoms with Gasteiger partial charge in [0, 0.05) is 13.1 Å². The third-order valence-electron chi connectivity index (χ3n) is 4.72. The first-order chi connectivity index (χ1) is 16.6. The molecule has 2 heterocycles. The van der Waals surface area contributed by atoms with Crippen LogP contribution >= 0.6 is 22.7 Å². The number of nitrogens with one attached hydrogen (secondary N) is 1. The van der Waals surface area contributed by atoms with E-state index >= 15 is 0 Å². The second-order valence-electron chi connectivity index (χ2n) is 7.17. The van der Waals surface area contributed by atoms with Crippen LogP contribution < -0.4 is 10.4 Å². The van der Waals surface area contributed by atoms with Crippen molar-refractivity contribution in [2.45, 2.75) is 20.3 Å². The van der Waals surface area contributed by atoms with Gasteiger partial charge in [-0.05, 0) is 67.9 Å². The van der Waals surface area contributed by atoms with Crippen LogP contribution in [-0.4, -0.2) is 29.1 Å². The molecule has 2 N–H and O–H groups in total. The Morgan fingerprint density at radius 1 is 0.971 bits per heavy atom. The Labute approximate surface area is 204 Å². The lowest BCUT2D eigenvalue weighted by atomic mass is 10.2. The normalized spacial score (nSPS) is 11.7. The third kappa shape index (κ3) is 5.87. The van der Waals surface area contributed by atoms with Crippen molar-refractivity contribution in [3.63, 3.8) is 0 Å². The Kier molecular flexibility index (Phi) is 7.68. The smallest absolute Gasteiger partial charge is 0.335 e. The van der Waals surface area contributed by atoms with Gasteiger partial charge in [0.1, 0.15) is 9.83 Å². The van der Waals surface area contributed by atoms with E-state index in [2.05, 4.69) is 49.7 Å². The van der Waals surface area contributed by atoms with Crippen LogP contribution in [0.25, 0.3) is 9.53 Å². The summed E-state index contributed by atoms with van der Waals surface area (Å²) in [5.74, 6) is -0.971. The number of fused-ring (bicyclic) bond motifs is 1. The van der Waals surface area contributed by atoms with Crippen molar-refractivity contribution >= 4 is 65.4 Å². The molecule has 0 radical (unpaired) electrons. The van der Waals surface area contributed by atoms with Crippen molar-refractivity contribution in [2.75, 3.05) is 18.1 Å². The molecular weight excluding hydrogens is 470 g/mol. The van der Waals surface area contributed by atoms with Crippen molar-refractivity contribution in [3.05, 3.63) is 60.2 Å². The summed E-state index contributed by atoms with van der Waals surface area (Å²) in [6.07, 6.45) is 1.07. The average Bonchev–Trinajstić information content (AvgIpc) is 3.41. The number of rotatable bonds is 10. The van der Waals surface area contributed by atoms with Crippen molar-refractivity contribution in [1.29, 1.82) is 0 Å². The number of benzene rings is 2. The number of carboxylic acids is 1. The molecule has 2 aromatic heterocycles. The van der Waals surface area contributed by atoms with Crippen molar-refractivity contribution in [2.24, 2.45) is 20.5 Å². The summed E-state index contributed by atoms with van der Waals surface area (Å²) >= 11 is 2.85. The van der Waals surface area contributed by atoms with Crippen LogP contribution in [-0.2, 0) is 0 Å². The van der Waals surface area contributed by atoms with E-state index in [1.807, 2.05) is 30.3 Å². The molecule has 0 atom stereocenters. The van der Waals surface area contributed by atoms with E-state index in [1.54, 1.807) is 12.1 Å². The van der Waals surface area contributed by atoms with E-state index in [4.69, 9.17) is 5.11 Å². The molecule has 9 nitrogen and oxygen atoms in total. The topological polar surface area (TPSA) is 115 Å². The zero-order chi connectivity index (χ0) is 23.9. The van der Waals surface area contributed by atoms with Gasteiger partial charge in [-0.15, -0.1) is 20.5 Å². The van der Waals surface area contributed by atoms with Crippen LogP contribution in [0.1, 0.15) is 30.6 Å². The van der Waals surface area contributed by atoms with Crippen molar-refractivity contribution in [1.82, 2.24) is 10.4 Å². The fourth-order valence-corrected chi connectivity index (χ4v) is 4.86. The fraction of sp³-hybridized carbons (Fsp3) is 0.217. The zero-order valence-corrected chi connectivity index (χ0v) is 20.3. The van der Waals surface area contributed by atoms with Crippen molar-refractivity contribution < 1.29 is 9.90 Å². The summed E-state index contributed by atoms with van der Waals surface area (Å²) in [5.41, 5.74) is 6.03. The molecule has 0 bridgehead atoms. The number of hydrogen-bond acceptors (Lipinski definition) is 10. The average molecular weight is 494 g/mol. The summed E-state index contributed by atoms with van der Waals surface area (Å²) in [6, 6.07) is 16.1. The standard InChI is InChI=1S/C23H23N7O2S2/c1-3-13-24-30(4-2)18-11-9-17(10-12-18)27-29-23-25-21-19(33-23)14-20(34-21)28-26-16-7-5-15(6-8-16)22(31)32/h5-12,14,24H,3-4,13H2,1-2H3,(H,31,32). The molecule has 0 spiro atoms. The molecule has 4 aromatic rings. The number of thiophene rings is 1. The Bertz CT molecular complexity index is 1280. The minimum absolute atomic E-state index is 0.212. The minimum atomic E-state index is -0.971. The zero-order valence-electron chi connectivity index (χ0n) is 18.7. The number of aromatic carboxylic acids is 1. The van der Waals surface area contributed by atoms with Crippen LogP contribution in [0, 0.1) is 0 Å². The summed E-state index contributed by atoms with van der Waals surface area (Å²) in [6.45, 7) is 6.05. The van der Waals surface area contributed by atoms with Crippen LogP contribution in [0.2, 0.25) is 0 Å². The van der Waals surface area contributed by atoms with Gasteiger partial charge in [-0.1, -0.05) is 29.6 Å². The first-order valence-corrected chi connectivity index (χ1v) is 12.4. The van der Waals surface area contributed by atoms with Crippen LogP contribution in [0.15, 0.2) is 75.1 Å². The maximum Gasteiger partial charge on any atom is 0.335 e. The lowest BCUT2D eigenvalue weighted by Crippen LogP contribution is -2.38. The van der Waals surface area contributed by atoms with Gasteiger partial charge in [-0.3, -0.25) is 0 Å². The molecule has 0 fully saturated rings. The number of aromatic nitrogens is 1. The molecule has 11 heteroatoms. The van der Waals surface area contributed by atoms with E-state index in [0.717, 1.165) is 40.4 Å². The molecule has 2 aromatic carbocycles. The molecule has 174 valence electrons. The number of hydrazine groups is 1. The molecular formula is C23H23N7O2S2. The van der Waals surface area contributed by atoms with Crippen LogP contribution in [0.3, 0.4) is 0 Å². The van der Waals surface area contributed by atoms with E-state index in [9.17, 15) is 4.79 Å². The van der Waals surface area contributed by atoms with E-state index in [0.29, 0.717) is 15.8 Å². The number of carbonyl (C=O) groups is 1. The summed E-state index contributed by atoms with van der Waals surface area (Å²) in [5, 5.41) is 29.4. The van der Waals surface area contributed by atoms with Gasteiger partial charge >= 0.3 is 5.97 Å². The third-order valence-corrected chi connectivity index (χ3v) is 6.65. The lowest BCUT2D eigenvalue weighted by molar-refractivity contribution is 0.0697. The van der Waals surface area contributed by atoms with Gasteiger partial charge in [0.25, 0.3) is 0 Å². The molecule has 0 aliphatic carbocycles. The molecule has 0 saturated heterocycles. The Morgan fingerprint density at radius 2 is 1.65 bits per heavy atom. The second-order valence-corrected chi connectivity index (χ2v) is 9.19. The Balaban J connectivity index is 1.40. The number of carboxylic acid groups (broad SMARTS) is 1. The van der Waals surface area contributed by atoms with Crippen LogP contribution in [0.4, 0.5) is 27.2 Å². The predicted octanol–water partition coefficient (Wildman–Crippen LogP) is 7.63. The van der Waals surface area contributed by atoms with Gasteiger partial charge in [-0.2, -0.15) is 0 Å². The number of thiazole rings is 1. The van der Waals surface area contributed by atoms with Crippen LogP contribution in [0.5, 0.6) is 0 Å². The summed E-state index contributed by atoms with van der Waals surface area (Å²) in [7, 11) is 0. The van der Waals surface area contributed by atoms with E-state index < -0.39 is 5.97 Å². The largest absolute Gasteiger partial charge is 0.478 e. The molecule has 0 saturated carbocycles. The molecule has 0 aliphatic rings. The maximum absolute atomic E-state index is 10.9. The maximum atomic E-state index is 10.9. The number of hydrogen-bond donors (Lipinski definition) is 2. The fourth-order valence-electron chi connectivity index (χ4n) is 3.01. The number of azo groups is 2. The van der Waals surface area contributed by atoms with Gasteiger partial charge < -0.3 is 10.1 Å². The summed E-state index contributed by atoms with van der Waals surface area (Å²) in [4.78, 5) is 16.3. The van der Waals surface area contributed by atoms with E-state index in [1.165, 1.54) is 34.8 Å². The summed E-state index contributed by atoms with van der Waals surface area (Å²) < 4.78 is 0.963. The Morgan fingerprint density at radius 3 is 2.26 bits per heavy atom. The quantitative estimate of drug-likeness (QED) is 0.174. The highest BCUT2D eigenvalue weighted by atomic mass is 32.1. The number of nitrogens with zero attached hydrogens (tertiary/aromatic N) is 6. The molecule has 0 aliphatic heterocycles. The molecule has 4 rings (SSSR count). The minimum Gasteiger partial charge on any atom is -0.478 e. The molecule has 34 heavy (non-hydrogen) atoms. The molecule has 0 unspecified atom stereocenters. The first kappa shape index (κ1) is 23.6. The Hall–Kier alpha value is -3.54. The highest BCUT2D eigenvalue weighted by Gasteiger charge is 2.09. The van der Waals surface area contributed by atoms with E-state index in [-0.39, 0.29) is 5.56 Å². The highest BCUT2D eigenvalue weighted by Crippen LogP contribution is 2.39. The van der Waals surface area contributed by atoms with Gasteiger partial charge in [0.15, 0.2) is 0 Å².